The number of carbonyl (C=O) groups is 1. The second kappa shape index (κ2) is 10.6. The van der Waals surface area contributed by atoms with Gasteiger partial charge in [0, 0.05) is 39.7 Å². The van der Waals surface area contributed by atoms with Crippen molar-refractivity contribution in [1.82, 2.24) is 14.9 Å². The molecule has 212 valence electrons. The number of aliphatic hydroxyl groups excluding tert-OH is 1. The Labute approximate surface area is 235 Å². The Morgan fingerprint density at radius 2 is 1.90 bits per heavy atom. The quantitative estimate of drug-likeness (QED) is 0.490. The Bertz CT molecular complexity index is 1270. The first-order chi connectivity index (χ1) is 18.5. The molecule has 1 saturated carbocycles. The summed E-state index contributed by atoms with van der Waals surface area (Å²) in [4.78, 5) is 27.5. The first-order valence-corrected chi connectivity index (χ1v) is 15.6. The van der Waals surface area contributed by atoms with Crippen molar-refractivity contribution >= 4 is 34.2 Å². The lowest BCUT2D eigenvalue weighted by Crippen LogP contribution is -2.51. The molecular weight excluding hydrogens is 510 g/mol. The molecule has 2 fully saturated rings. The van der Waals surface area contributed by atoms with Crippen molar-refractivity contribution in [2.75, 3.05) is 29.9 Å². The van der Waals surface area contributed by atoms with E-state index in [0.717, 1.165) is 48.5 Å². The van der Waals surface area contributed by atoms with E-state index in [1.807, 2.05) is 39.0 Å². The molecule has 3 aliphatic rings. The zero-order valence-electron chi connectivity index (χ0n) is 24.2. The summed E-state index contributed by atoms with van der Waals surface area (Å²) in [6, 6.07) is 6.46. The second-order valence-electron chi connectivity index (χ2n) is 12.4. The molecule has 39 heavy (non-hydrogen) atoms. The first-order valence-electron chi connectivity index (χ1n) is 14.4. The van der Waals surface area contributed by atoms with Gasteiger partial charge >= 0.3 is 0 Å². The summed E-state index contributed by atoms with van der Waals surface area (Å²) in [5.41, 5.74) is 1.82. The molecule has 3 unspecified atom stereocenters. The van der Waals surface area contributed by atoms with E-state index in [-0.39, 0.29) is 23.8 Å². The number of hydrogen-bond acceptors (Lipinski definition) is 7. The van der Waals surface area contributed by atoms with E-state index in [1.165, 1.54) is 12.8 Å². The molecule has 2 aliphatic heterocycles. The average Bonchev–Trinajstić information content (AvgIpc) is 3.13. The van der Waals surface area contributed by atoms with Gasteiger partial charge in [-0.2, -0.15) is 4.98 Å². The van der Waals surface area contributed by atoms with Crippen LogP contribution in [0.25, 0.3) is 0 Å². The van der Waals surface area contributed by atoms with Crippen LogP contribution in [-0.2, 0) is 21.0 Å². The molecule has 1 amide bonds. The van der Waals surface area contributed by atoms with Crippen LogP contribution < -0.4 is 10.2 Å². The topological polar surface area (TPSA) is 98.7 Å². The van der Waals surface area contributed by atoms with E-state index >= 15 is 0 Å². The van der Waals surface area contributed by atoms with E-state index in [4.69, 9.17) is 4.98 Å². The van der Waals surface area contributed by atoms with Crippen LogP contribution >= 0.6 is 0 Å². The number of benzene rings is 1. The zero-order valence-corrected chi connectivity index (χ0v) is 25.0. The number of likely N-dealkylation sites (tertiary alicyclic amines) is 1. The predicted molar refractivity (Wildman–Crippen MR) is 156 cm³/mol. The molecule has 1 saturated heterocycles. The Hall–Kier alpha value is -2.36. The summed E-state index contributed by atoms with van der Waals surface area (Å²) in [6.07, 6.45) is 6.99. The molecule has 5 rings (SSSR count). The maximum atomic E-state index is 13.4. The lowest BCUT2D eigenvalue weighted by molar-refractivity contribution is -0.124. The molecule has 3 atom stereocenters. The fourth-order valence-electron chi connectivity index (χ4n) is 6.42. The van der Waals surface area contributed by atoms with Gasteiger partial charge in [-0.1, -0.05) is 6.92 Å². The Morgan fingerprint density at radius 3 is 2.49 bits per heavy atom. The molecule has 1 aromatic carbocycles. The molecule has 1 spiro atoms. The third-order valence-electron chi connectivity index (χ3n) is 9.52. The van der Waals surface area contributed by atoms with Gasteiger partial charge in [-0.25, -0.2) is 4.98 Å². The van der Waals surface area contributed by atoms with Gasteiger partial charge < -0.3 is 15.3 Å². The lowest BCUT2D eigenvalue weighted by Gasteiger charge is -2.52. The number of aromatic nitrogens is 2. The predicted octanol–water partition coefficient (Wildman–Crippen LogP) is 4.68. The van der Waals surface area contributed by atoms with Crippen molar-refractivity contribution in [1.29, 1.82) is 0 Å². The molecule has 9 heteroatoms. The number of nitrogens with one attached hydrogen (secondary N) is 1. The van der Waals surface area contributed by atoms with Crippen molar-refractivity contribution < 1.29 is 14.1 Å². The smallest absolute Gasteiger partial charge is 0.241 e. The Balaban J connectivity index is 1.28. The minimum absolute atomic E-state index is 0.0447. The second-order valence-corrected chi connectivity index (χ2v) is 14.1. The van der Waals surface area contributed by atoms with E-state index in [1.54, 1.807) is 18.0 Å². The highest BCUT2D eigenvalue weighted by molar-refractivity contribution is 7.85. The largest absolute Gasteiger partial charge is 0.395 e. The van der Waals surface area contributed by atoms with Crippen molar-refractivity contribution in [2.45, 2.75) is 101 Å². The number of fused-ring (bicyclic) bond motifs is 1. The van der Waals surface area contributed by atoms with Crippen molar-refractivity contribution in [2.24, 2.45) is 5.41 Å². The molecule has 2 aromatic rings. The van der Waals surface area contributed by atoms with Crippen molar-refractivity contribution in [3.63, 3.8) is 0 Å². The van der Waals surface area contributed by atoms with Crippen molar-refractivity contribution in [3.05, 3.63) is 35.5 Å². The van der Waals surface area contributed by atoms with Crippen molar-refractivity contribution in [3.8, 4) is 0 Å². The summed E-state index contributed by atoms with van der Waals surface area (Å²) in [5.74, 6) is 0.798. The number of hydrogen-bond donors (Lipinski definition) is 2. The number of amides is 1. The van der Waals surface area contributed by atoms with Crippen LogP contribution in [-0.4, -0.2) is 67.1 Å². The first kappa shape index (κ1) is 28.2. The fourth-order valence-corrected chi connectivity index (χ4v) is 8.31. The Morgan fingerprint density at radius 1 is 1.21 bits per heavy atom. The molecule has 1 aliphatic carbocycles. The molecular formula is C30H43N5O3S. The number of aryl methyl sites for hydroxylation is 1. The average molecular weight is 554 g/mol. The highest BCUT2D eigenvalue weighted by Crippen LogP contribution is 2.52. The monoisotopic (exact) mass is 553 g/mol. The van der Waals surface area contributed by atoms with Crippen LogP contribution in [0.4, 0.5) is 17.5 Å². The van der Waals surface area contributed by atoms with Gasteiger partial charge in [-0.05, 0) is 109 Å². The van der Waals surface area contributed by atoms with E-state index in [0.29, 0.717) is 28.8 Å². The van der Waals surface area contributed by atoms with Gasteiger partial charge in [0.15, 0.2) is 0 Å². The highest BCUT2D eigenvalue weighted by atomic mass is 32.2. The molecule has 8 nitrogen and oxygen atoms in total. The molecule has 0 bridgehead atoms. The SMILES string of the molecule is CCC(C)N1C(=O)C(C)(CO)c2cnc(Nc3ccc(S(=O)C4CC5(CCN(C(C)C)CC5)C4)cc3C)nc21. The third kappa shape index (κ3) is 4.91. The minimum Gasteiger partial charge on any atom is -0.395 e. The van der Waals surface area contributed by atoms with E-state index in [2.05, 4.69) is 29.0 Å². The van der Waals surface area contributed by atoms with Crippen LogP contribution in [0.5, 0.6) is 0 Å². The maximum Gasteiger partial charge on any atom is 0.241 e. The molecule has 0 radical (unpaired) electrons. The molecule has 2 N–H and O–H groups in total. The number of carbonyl (C=O) groups excluding carboxylic acids is 1. The summed E-state index contributed by atoms with van der Waals surface area (Å²) >= 11 is 0. The Kier molecular flexibility index (Phi) is 7.63. The maximum absolute atomic E-state index is 13.4. The number of aliphatic hydroxyl groups is 1. The van der Waals surface area contributed by atoms with Crippen LogP contribution in [0.1, 0.15) is 77.8 Å². The van der Waals surface area contributed by atoms with Gasteiger partial charge in [-0.15, -0.1) is 0 Å². The number of nitrogens with zero attached hydrogens (tertiary/aromatic N) is 4. The third-order valence-corrected chi connectivity index (χ3v) is 11.2. The van der Waals surface area contributed by atoms with Crippen LogP contribution in [0.3, 0.4) is 0 Å². The van der Waals surface area contributed by atoms with Crippen LogP contribution in [0.2, 0.25) is 0 Å². The van der Waals surface area contributed by atoms with Gasteiger partial charge in [0.05, 0.1) is 22.8 Å². The van der Waals surface area contributed by atoms with Crippen LogP contribution in [0.15, 0.2) is 29.3 Å². The minimum atomic E-state index is -1.04. The summed E-state index contributed by atoms with van der Waals surface area (Å²) in [6.45, 7) is 14.3. The van der Waals surface area contributed by atoms with Gasteiger partial charge in [0.1, 0.15) is 5.82 Å². The highest BCUT2D eigenvalue weighted by Gasteiger charge is 2.50. The summed E-state index contributed by atoms with van der Waals surface area (Å²) in [5, 5.41) is 13.6. The number of anilines is 3. The molecule has 1 aromatic heterocycles. The summed E-state index contributed by atoms with van der Waals surface area (Å²) < 4.78 is 13.4. The fraction of sp³-hybridized carbons (Fsp3) is 0.633. The van der Waals surface area contributed by atoms with Gasteiger partial charge in [0.2, 0.25) is 11.9 Å². The van der Waals surface area contributed by atoms with E-state index in [9.17, 15) is 14.1 Å². The molecule has 3 heterocycles. The van der Waals surface area contributed by atoms with Gasteiger partial charge in [0.25, 0.3) is 0 Å². The number of rotatable bonds is 8. The lowest BCUT2D eigenvalue weighted by atomic mass is 9.63. The van der Waals surface area contributed by atoms with Crippen LogP contribution in [0, 0.1) is 12.3 Å². The standard InChI is InChI=1S/C30H43N5O3S/c1-7-21(5)35-26-24(29(6,18-36)27(35)37)17-31-28(33-26)32-25-9-8-22(14-20(25)4)39(38)23-15-30(16-23)10-12-34(13-11-30)19(2)3/h8-9,14,17,19,21,23,36H,7,10-13,15-16,18H2,1-6H3,(H,31,32,33). The van der Waals surface area contributed by atoms with Gasteiger partial charge in [-0.3, -0.25) is 13.9 Å². The number of piperidine rings is 1. The summed E-state index contributed by atoms with van der Waals surface area (Å²) in [7, 11) is -1.02. The normalized spacial score (nSPS) is 24.6. The zero-order chi connectivity index (χ0) is 28.1. The van der Waals surface area contributed by atoms with E-state index < -0.39 is 16.2 Å².